The lowest BCUT2D eigenvalue weighted by molar-refractivity contribution is -0.113. The van der Waals surface area contributed by atoms with Crippen LogP contribution in [0.1, 0.15) is 46.0 Å². The van der Waals surface area contributed by atoms with E-state index in [9.17, 15) is 14.4 Å². The molecule has 0 atom stereocenters. The molecule has 7 heteroatoms. The molecule has 0 radical (unpaired) electrons. The minimum atomic E-state index is -0.732. The Hall–Kier alpha value is -2.67. The van der Waals surface area contributed by atoms with Crippen LogP contribution in [0.5, 0.6) is 0 Å². The van der Waals surface area contributed by atoms with Crippen molar-refractivity contribution in [3.05, 3.63) is 53.1 Å². The number of rotatable bonds is 6. The van der Waals surface area contributed by atoms with Crippen molar-refractivity contribution in [1.82, 2.24) is 0 Å². The van der Waals surface area contributed by atoms with E-state index in [0.29, 0.717) is 11.1 Å². The number of nitrogens with one attached hydrogen (secondary N) is 1. The van der Waals surface area contributed by atoms with E-state index in [1.165, 1.54) is 14.2 Å². The van der Waals surface area contributed by atoms with Gasteiger partial charge in [-0.3, -0.25) is 4.79 Å². The lowest BCUT2D eigenvalue weighted by Gasteiger charge is -2.22. The van der Waals surface area contributed by atoms with Crippen LogP contribution in [0.25, 0.3) is 11.1 Å². The number of anilines is 1. The lowest BCUT2D eigenvalue weighted by atomic mass is 9.87. The molecule has 0 saturated carbocycles. The summed E-state index contributed by atoms with van der Waals surface area (Å²) in [4.78, 5) is 37.5. The van der Waals surface area contributed by atoms with Crippen LogP contribution in [0, 0.1) is 0 Å². The first kappa shape index (κ1) is 21.6. The van der Waals surface area contributed by atoms with Gasteiger partial charge in [0, 0.05) is 5.56 Å². The molecular weight excluding hydrogens is 426 g/mol. The number of halogens is 1. The Bertz CT molecular complexity index is 893. The largest absolute Gasteiger partial charge is 0.465 e. The number of ether oxygens (including phenoxy) is 2. The zero-order valence-corrected chi connectivity index (χ0v) is 17.8. The second-order valence-electron chi connectivity index (χ2n) is 6.32. The van der Waals surface area contributed by atoms with E-state index in [4.69, 9.17) is 9.47 Å². The fourth-order valence-electron chi connectivity index (χ4n) is 2.94. The SMILES string of the molecule is COC(=O)c1c(C(C)C)cc(-c2ccccc2)c(NC(=O)CBr)c1C(=O)OC. The number of alkyl halides is 1. The molecule has 0 aliphatic heterocycles. The lowest BCUT2D eigenvalue weighted by Crippen LogP contribution is -2.22. The minimum absolute atomic E-state index is 0.0197. The first-order valence-electron chi connectivity index (χ1n) is 8.64. The van der Waals surface area contributed by atoms with Gasteiger partial charge < -0.3 is 14.8 Å². The number of benzene rings is 2. The molecule has 0 fully saturated rings. The predicted octanol–water partition coefficient (Wildman–Crippen LogP) is 4.38. The Morgan fingerprint density at radius 3 is 2.07 bits per heavy atom. The number of hydrogen-bond donors (Lipinski definition) is 1. The van der Waals surface area contributed by atoms with Crippen LogP contribution < -0.4 is 5.32 Å². The average molecular weight is 448 g/mol. The highest BCUT2D eigenvalue weighted by Crippen LogP contribution is 2.39. The second-order valence-corrected chi connectivity index (χ2v) is 6.88. The highest BCUT2D eigenvalue weighted by Gasteiger charge is 2.30. The van der Waals surface area contributed by atoms with E-state index in [1.54, 1.807) is 0 Å². The number of methoxy groups -OCH3 is 2. The summed E-state index contributed by atoms with van der Waals surface area (Å²) in [6.45, 7) is 3.82. The number of amides is 1. The zero-order chi connectivity index (χ0) is 20.8. The second kappa shape index (κ2) is 9.50. The first-order chi connectivity index (χ1) is 13.3. The molecule has 0 aliphatic carbocycles. The standard InChI is InChI=1S/C21H22BrNO5/c1-12(2)14-10-15(13-8-6-5-7-9-13)19(23-16(24)11-22)18(21(26)28-4)17(14)20(25)27-3/h5-10,12H,11H2,1-4H3,(H,23,24). The number of esters is 2. The van der Waals surface area contributed by atoms with Gasteiger partial charge >= 0.3 is 11.9 Å². The maximum absolute atomic E-state index is 12.7. The quantitative estimate of drug-likeness (QED) is 0.524. The fraction of sp³-hybridized carbons (Fsp3) is 0.286. The molecule has 0 spiro atoms. The smallest absolute Gasteiger partial charge is 0.340 e. The van der Waals surface area contributed by atoms with Gasteiger partial charge in [0.2, 0.25) is 5.91 Å². The van der Waals surface area contributed by atoms with Crippen molar-refractivity contribution < 1.29 is 23.9 Å². The summed E-state index contributed by atoms with van der Waals surface area (Å²) in [5.74, 6) is -1.85. The van der Waals surface area contributed by atoms with Crippen molar-refractivity contribution in [2.24, 2.45) is 0 Å². The zero-order valence-electron chi connectivity index (χ0n) is 16.2. The van der Waals surface area contributed by atoms with Crippen LogP contribution in [0.2, 0.25) is 0 Å². The normalized spacial score (nSPS) is 10.5. The molecule has 2 aromatic carbocycles. The molecular formula is C21H22BrNO5. The number of carbonyl (C=O) groups excluding carboxylic acids is 3. The van der Waals surface area contributed by atoms with Gasteiger partial charge in [-0.2, -0.15) is 0 Å². The van der Waals surface area contributed by atoms with E-state index in [1.807, 2.05) is 50.2 Å². The van der Waals surface area contributed by atoms with E-state index in [0.717, 1.165) is 5.56 Å². The summed E-state index contributed by atoms with van der Waals surface area (Å²) < 4.78 is 9.87. The van der Waals surface area contributed by atoms with Crippen molar-refractivity contribution in [2.45, 2.75) is 19.8 Å². The molecule has 2 aromatic rings. The number of hydrogen-bond acceptors (Lipinski definition) is 5. The van der Waals surface area contributed by atoms with Crippen LogP contribution in [0.4, 0.5) is 5.69 Å². The van der Waals surface area contributed by atoms with E-state index in [2.05, 4.69) is 21.2 Å². The molecule has 0 unspecified atom stereocenters. The minimum Gasteiger partial charge on any atom is -0.465 e. The van der Waals surface area contributed by atoms with Crippen molar-refractivity contribution in [3.63, 3.8) is 0 Å². The fourth-order valence-corrected chi connectivity index (χ4v) is 3.08. The molecule has 0 saturated heterocycles. The van der Waals surface area contributed by atoms with Gasteiger partial charge in [0.25, 0.3) is 0 Å². The highest BCUT2D eigenvalue weighted by molar-refractivity contribution is 9.09. The first-order valence-corrected chi connectivity index (χ1v) is 9.76. The molecule has 0 aliphatic rings. The molecule has 1 amide bonds. The molecule has 0 bridgehead atoms. The molecule has 0 aromatic heterocycles. The Balaban J connectivity index is 2.99. The third-order valence-corrected chi connectivity index (χ3v) is 4.74. The van der Waals surface area contributed by atoms with Gasteiger partial charge in [-0.1, -0.05) is 60.1 Å². The van der Waals surface area contributed by atoms with Gasteiger partial charge in [-0.05, 0) is 23.1 Å². The van der Waals surface area contributed by atoms with Crippen molar-refractivity contribution in [2.75, 3.05) is 24.9 Å². The predicted molar refractivity (Wildman–Crippen MR) is 111 cm³/mol. The molecule has 2 rings (SSSR count). The van der Waals surface area contributed by atoms with Crippen LogP contribution in [-0.4, -0.2) is 37.4 Å². The summed E-state index contributed by atoms with van der Waals surface area (Å²) in [7, 11) is 2.47. The maximum Gasteiger partial charge on any atom is 0.340 e. The monoisotopic (exact) mass is 447 g/mol. The summed E-state index contributed by atoms with van der Waals surface area (Å²) >= 11 is 3.11. The van der Waals surface area contributed by atoms with Crippen LogP contribution in [0.15, 0.2) is 36.4 Å². The number of carbonyl (C=O) groups is 3. The van der Waals surface area contributed by atoms with Gasteiger partial charge in [0.1, 0.15) is 0 Å². The molecule has 0 heterocycles. The summed E-state index contributed by atoms with van der Waals surface area (Å²) in [6.07, 6.45) is 0. The van der Waals surface area contributed by atoms with Gasteiger partial charge in [-0.15, -0.1) is 0 Å². The Morgan fingerprint density at radius 2 is 1.57 bits per heavy atom. The molecule has 6 nitrogen and oxygen atoms in total. The van der Waals surface area contributed by atoms with Gasteiger partial charge in [0.05, 0.1) is 36.4 Å². The summed E-state index contributed by atoms with van der Waals surface area (Å²) in [5.41, 5.74) is 2.32. The van der Waals surface area contributed by atoms with Crippen LogP contribution in [-0.2, 0) is 14.3 Å². The Kier molecular flexibility index (Phi) is 7.34. The van der Waals surface area contributed by atoms with Gasteiger partial charge in [-0.25, -0.2) is 9.59 Å². The average Bonchev–Trinajstić information content (AvgIpc) is 2.72. The van der Waals surface area contributed by atoms with Crippen molar-refractivity contribution in [1.29, 1.82) is 0 Å². The van der Waals surface area contributed by atoms with Crippen molar-refractivity contribution >= 4 is 39.5 Å². The van der Waals surface area contributed by atoms with Crippen LogP contribution >= 0.6 is 15.9 Å². The molecule has 148 valence electrons. The summed E-state index contributed by atoms with van der Waals surface area (Å²) in [6, 6.07) is 11.1. The highest BCUT2D eigenvalue weighted by atomic mass is 79.9. The molecule has 1 N–H and O–H groups in total. The van der Waals surface area contributed by atoms with E-state index >= 15 is 0 Å². The van der Waals surface area contributed by atoms with Crippen molar-refractivity contribution in [3.8, 4) is 11.1 Å². The third-order valence-electron chi connectivity index (χ3n) is 4.23. The van der Waals surface area contributed by atoms with Crippen LogP contribution in [0.3, 0.4) is 0 Å². The van der Waals surface area contributed by atoms with E-state index in [-0.39, 0.29) is 34.0 Å². The third kappa shape index (κ3) is 4.42. The van der Waals surface area contributed by atoms with E-state index < -0.39 is 11.9 Å². The summed E-state index contributed by atoms with van der Waals surface area (Å²) in [5, 5.41) is 2.76. The maximum atomic E-state index is 12.7. The Labute approximate surface area is 172 Å². The van der Waals surface area contributed by atoms with Gasteiger partial charge in [0.15, 0.2) is 0 Å². The molecule has 28 heavy (non-hydrogen) atoms. The topological polar surface area (TPSA) is 81.7 Å². The Morgan fingerprint density at radius 1 is 1.00 bits per heavy atom.